The maximum Gasteiger partial charge on any atom is 0.338 e. The Morgan fingerprint density at radius 3 is 2.70 bits per heavy atom. The summed E-state index contributed by atoms with van der Waals surface area (Å²) >= 11 is 0. The molecular weight excluding hydrogens is 303 g/mol. The van der Waals surface area contributed by atoms with Crippen LogP contribution in [-0.2, 0) is 11.3 Å². The molecule has 0 N–H and O–H groups in total. The second-order valence-electron chi connectivity index (χ2n) is 4.89. The summed E-state index contributed by atoms with van der Waals surface area (Å²) in [5, 5.41) is 0. The Balaban J connectivity index is 1.71. The highest BCUT2D eigenvalue weighted by Gasteiger charge is 2.16. The van der Waals surface area contributed by atoms with Gasteiger partial charge in [0.2, 0.25) is 0 Å². The minimum atomic E-state index is -0.534. The van der Waals surface area contributed by atoms with Crippen LogP contribution in [0.2, 0.25) is 0 Å². The van der Waals surface area contributed by atoms with Crippen molar-refractivity contribution in [2.24, 2.45) is 0 Å². The van der Waals surface area contributed by atoms with Crippen molar-refractivity contribution in [2.75, 3.05) is 20.3 Å². The quantitative estimate of drug-likeness (QED) is 0.811. The maximum atomic E-state index is 13.3. The van der Waals surface area contributed by atoms with Gasteiger partial charge in [0.1, 0.15) is 31.4 Å². The lowest BCUT2D eigenvalue weighted by molar-refractivity contribution is 0.0468. The van der Waals surface area contributed by atoms with Crippen LogP contribution >= 0.6 is 0 Å². The highest BCUT2D eigenvalue weighted by atomic mass is 19.1. The summed E-state index contributed by atoms with van der Waals surface area (Å²) < 4.78 is 34.5. The fourth-order valence-electron chi connectivity index (χ4n) is 2.26. The van der Waals surface area contributed by atoms with Gasteiger partial charge in [-0.2, -0.15) is 0 Å². The molecule has 1 aliphatic rings. The molecule has 0 bridgehead atoms. The van der Waals surface area contributed by atoms with Crippen molar-refractivity contribution in [3.8, 4) is 17.2 Å². The van der Waals surface area contributed by atoms with Crippen molar-refractivity contribution in [3.63, 3.8) is 0 Å². The molecule has 0 spiro atoms. The van der Waals surface area contributed by atoms with Crippen LogP contribution in [-0.4, -0.2) is 26.3 Å². The molecule has 0 aromatic heterocycles. The summed E-state index contributed by atoms with van der Waals surface area (Å²) in [4.78, 5) is 12.1. The van der Waals surface area contributed by atoms with E-state index in [2.05, 4.69) is 0 Å². The van der Waals surface area contributed by atoms with Gasteiger partial charge in [0, 0.05) is 5.56 Å². The second kappa shape index (κ2) is 6.56. The Labute approximate surface area is 132 Å². The zero-order valence-electron chi connectivity index (χ0n) is 12.5. The first-order valence-corrected chi connectivity index (χ1v) is 7.06. The van der Waals surface area contributed by atoms with Crippen LogP contribution in [0.3, 0.4) is 0 Å². The zero-order chi connectivity index (χ0) is 16.2. The van der Waals surface area contributed by atoms with Gasteiger partial charge in [-0.1, -0.05) is 0 Å². The molecule has 6 heteroatoms. The first kappa shape index (κ1) is 15.1. The number of benzene rings is 2. The maximum absolute atomic E-state index is 13.3. The van der Waals surface area contributed by atoms with E-state index in [-0.39, 0.29) is 6.61 Å². The number of esters is 1. The van der Waals surface area contributed by atoms with E-state index in [1.807, 2.05) is 0 Å². The lowest BCUT2D eigenvalue weighted by Crippen LogP contribution is -2.16. The SMILES string of the molecule is COc1ccc(F)cc1COC(=O)c1ccc2c(c1)OCCO2. The number of ether oxygens (including phenoxy) is 4. The summed E-state index contributed by atoms with van der Waals surface area (Å²) in [5.74, 6) is 0.611. The average molecular weight is 318 g/mol. The Morgan fingerprint density at radius 1 is 1.13 bits per heavy atom. The molecule has 23 heavy (non-hydrogen) atoms. The van der Waals surface area contributed by atoms with Gasteiger partial charge >= 0.3 is 5.97 Å². The molecule has 0 amide bonds. The van der Waals surface area contributed by atoms with Crippen LogP contribution in [0.1, 0.15) is 15.9 Å². The molecule has 0 saturated carbocycles. The Bertz CT molecular complexity index is 729. The molecule has 0 unspecified atom stereocenters. The van der Waals surface area contributed by atoms with Gasteiger partial charge in [-0.25, -0.2) is 9.18 Å². The summed E-state index contributed by atoms with van der Waals surface area (Å²) in [6.45, 7) is 0.830. The monoisotopic (exact) mass is 318 g/mol. The predicted molar refractivity (Wildman–Crippen MR) is 79.5 cm³/mol. The predicted octanol–water partition coefficient (Wildman–Crippen LogP) is 2.96. The number of carbonyl (C=O) groups excluding carboxylic acids is 1. The molecule has 0 fully saturated rings. The highest BCUT2D eigenvalue weighted by molar-refractivity contribution is 5.90. The Hall–Kier alpha value is -2.76. The number of hydrogen-bond acceptors (Lipinski definition) is 5. The summed E-state index contributed by atoms with van der Waals surface area (Å²) in [6.07, 6.45) is 0. The average Bonchev–Trinajstić information content (AvgIpc) is 2.59. The molecule has 0 aliphatic carbocycles. The van der Waals surface area contributed by atoms with Crippen LogP contribution in [0.4, 0.5) is 4.39 Å². The fraction of sp³-hybridized carbons (Fsp3) is 0.235. The smallest absolute Gasteiger partial charge is 0.338 e. The van der Waals surface area contributed by atoms with Crippen LogP contribution in [0.25, 0.3) is 0 Å². The molecule has 0 atom stereocenters. The van der Waals surface area contributed by atoms with Gasteiger partial charge in [0.25, 0.3) is 0 Å². The molecule has 2 aromatic rings. The van der Waals surface area contributed by atoms with Crippen LogP contribution in [0.15, 0.2) is 36.4 Å². The third-order valence-corrected chi connectivity index (χ3v) is 3.38. The van der Waals surface area contributed by atoms with Crippen molar-refractivity contribution < 1.29 is 28.1 Å². The molecule has 120 valence electrons. The van der Waals surface area contributed by atoms with Gasteiger partial charge in [-0.05, 0) is 36.4 Å². The Morgan fingerprint density at radius 2 is 1.91 bits per heavy atom. The number of methoxy groups -OCH3 is 1. The minimum Gasteiger partial charge on any atom is -0.496 e. The molecule has 0 saturated heterocycles. The van der Waals surface area contributed by atoms with Crippen LogP contribution in [0, 0.1) is 5.82 Å². The van der Waals surface area contributed by atoms with Gasteiger partial charge < -0.3 is 18.9 Å². The van der Waals surface area contributed by atoms with E-state index in [0.29, 0.717) is 41.6 Å². The van der Waals surface area contributed by atoms with Crippen molar-refractivity contribution in [1.29, 1.82) is 0 Å². The zero-order valence-corrected chi connectivity index (χ0v) is 12.5. The van der Waals surface area contributed by atoms with E-state index < -0.39 is 11.8 Å². The minimum absolute atomic E-state index is 0.0891. The van der Waals surface area contributed by atoms with E-state index in [4.69, 9.17) is 18.9 Å². The largest absolute Gasteiger partial charge is 0.496 e. The molecular formula is C17H15FO5. The van der Waals surface area contributed by atoms with Gasteiger partial charge in [-0.3, -0.25) is 0 Å². The third-order valence-electron chi connectivity index (χ3n) is 3.38. The fourth-order valence-corrected chi connectivity index (χ4v) is 2.26. The summed E-state index contributed by atoms with van der Waals surface area (Å²) in [5.41, 5.74) is 0.794. The van der Waals surface area contributed by atoms with E-state index >= 15 is 0 Å². The lowest BCUT2D eigenvalue weighted by atomic mass is 10.2. The van der Waals surface area contributed by atoms with Crippen LogP contribution < -0.4 is 14.2 Å². The van der Waals surface area contributed by atoms with Gasteiger partial charge in [-0.15, -0.1) is 0 Å². The van der Waals surface area contributed by atoms with Gasteiger partial charge in [0.05, 0.1) is 12.7 Å². The number of carbonyl (C=O) groups is 1. The third kappa shape index (κ3) is 3.36. The van der Waals surface area contributed by atoms with Crippen molar-refractivity contribution in [3.05, 3.63) is 53.3 Å². The van der Waals surface area contributed by atoms with E-state index in [1.54, 1.807) is 18.2 Å². The highest BCUT2D eigenvalue weighted by Crippen LogP contribution is 2.31. The van der Waals surface area contributed by atoms with Gasteiger partial charge in [0.15, 0.2) is 11.5 Å². The van der Waals surface area contributed by atoms with E-state index in [9.17, 15) is 9.18 Å². The summed E-state index contributed by atoms with van der Waals surface area (Å²) in [6, 6.07) is 8.87. The molecule has 3 rings (SSSR count). The van der Waals surface area contributed by atoms with Crippen molar-refractivity contribution in [2.45, 2.75) is 6.61 Å². The summed E-state index contributed by atoms with van der Waals surface area (Å²) in [7, 11) is 1.47. The molecule has 1 heterocycles. The van der Waals surface area contributed by atoms with E-state index in [1.165, 1.54) is 25.3 Å². The number of fused-ring (bicyclic) bond motifs is 1. The number of halogens is 1. The molecule has 5 nitrogen and oxygen atoms in total. The lowest BCUT2D eigenvalue weighted by Gasteiger charge is -2.18. The van der Waals surface area contributed by atoms with E-state index in [0.717, 1.165) is 0 Å². The van der Waals surface area contributed by atoms with Crippen LogP contribution in [0.5, 0.6) is 17.2 Å². The normalized spacial score (nSPS) is 12.6. The first-order valence-electron chi connectivity index (χ1n) is 7.06. The second-order valence-corrected chi connectivity index (χ2v) is 4.89. The number of rotatable bonds is 4. The standard InChI is InChI=1S/C17H15FO5/c1-20-14-5-3-13(18)8-12(14)10-23-17(19)11-2-4-15-16(9-11)22-7-6-21-15/h2-5,8-9H,6-7,10H2,1H3. The molecule has 2 aromatic carbocycles. The Kier molecular flexibility index (Phi) is 4.32. The first-order chi connectivity index (χ1) is 11.2. The van der Waals surface area contributed by atoms with Crippen molar-refractivity contribution in [1.82, 2.24) is 0 Å². The topological polar surface area (TPSA) is 54.0 Å². The number of hydrogen-bond donors (Lipinski definition) is 0. The van der Waals surface area contributed by atoms with Crippen molar-refractivity contribution >= 4 is 5.97 Å². The molecule has 0 radical (unpaired) electrons. The molecule has 1 aliphatic heterocycles.